The van der Waals surface area contributed by atoms with E-state index in [2.05, 4.69) is 5.73 Å². The number of aliphatic carboxylic acids is 2. The molecular weight excluding hydrogens is 232 g/mol. The number of carbonyl (C=O) groups is 3. The molecule has 0 aliphatic carbocycles. The molecule has 0 aliphatic rings. The standard InChI is InChI=1S/C9H16N2O6/c1-11(17)7(12)3-2-5(8(13)14)4-6(10)9(15)16/h5-6,17H,2-4,10H2,1H3,(H,13,14)(H,15,16)/p+1/t5-,6+/m1/s1. The second kappa shape index (κ2) is 6.81. The normalized spacial score (nSPS) is 13.8. The maximum Gasteiger partial charge on any atom is 0.362 e. The lowest BCUT2D eigenvalue weighted by molar-refractivity contribution is -0.410. The molecule has 98 valence electrons. The lowest BCUT2D eigenvalue weighted by Gasteiger charge is -2.14. The summed E-state index contributed by atoms with van der Waals surface area (Å²) in [6.07, 6.45) is -0.332. The van der Waals surface area contributed by atoms with Crippen LogP contribution in [0.15, 0.2) is 0 Å². The van der Waals surface area contributed by atoms with Crippen LogP contribution in [0, 0.1) is 5.92 Å². The summed E-state index contributed by atoms with van der Waals surface area (Å²) in [5, 5.41) is 26.6. The molecule has 0 heterocycles. The third-order valence-corrected chi connectivity index (χ3v) is 2.34. The number of quaternary nitrogens is 1. The van der Waals surface area contributed by atoms with Crippen molar-refractivity contribution in [3.63, 3.8) is 0 Å². The second-order valence-electron chi connectivity index (χ2n) is 3.76. The number of amides is 1. The van der Waals surface area contributed by atoms with E-state index in [0.29, 0.717) is 5.06 Å². The largest absolute Gasteiger partial charge is 0.481 e. The number of hydroxylamine groups is 2. The van der Waals surface area contributed by atoms with Gasteiger partial charge in [-0.15, -0.1) is 0 Å². The van der Waals surface area contributed by atoms with Crippen molar-refractivity contribution >= 4 is 17.8 Å². The predicted octanol–water partition coefficient (Wildman–Crippen LogP) is -1.60. The molecule has 1 amide bonds. The van der Waals surface area contributed by atoms with Gasteiger partial charge in [-0.2, -0.15) is 0 Å². The Labute approximate surface area is 97.6 Å². The summed E-state index contributed by atoms with van der Waals surface area (Å²) in [6, 6.07) is -1.03. The van der Waals surface area contributed by atoms with Crippen LogP contribution >= 0.6 is 0 Å². The Kier molecular flexibility index (Phi) is 6.15. The van der Waals surface area contributed by atoms with Gasteiger partial charge in [0.05, 0.1) is 5.92 Å². The molecule has 0 aromatic carbocycles. The summed E-state index contributed by atoms with van der Waals surface area (Å²) in [5.41, 5.74) is 3.31. The number of rotatable bonds is 7. The smallest absolute Gasteiger partial charge is 0.362 e. The van der Waals surface area contributed by atoms with Gasteiger partial charge in [0, 0.05) is 19.9 Å². The fourth-order valence-corrected chi connectivity index (χ4v) is 1.25. The Hall–Kier alpha value is -1.67. The van der Waals surface area contributed by atoms with Gasteiger partial charge >= 0.3 is 11.9 Å². The predicted molar refractivity (Wildman–Crippen MR) is 53.8 cm³/mol. The van der Waals surface area contributed by atoms with Gasteiger partial charge in [0.15, 0.2) is 6.04 Å². The molecule has 2 atom stereocenters. The summed E-state index contributed by atoms with van der Waals surface area (Å²) in [5.74, 6) is -3.93. The average Bonchev–Trinajstić information content (AvgIpc) is 2.22. The van der Waals surface area contributed by atoms with Crippen LogP contribution in [-0.2, 0) is 14.4 Å². The topological polar surface area (TPSA) is 143 Å². The molecule has 0 bridgehead atoms. The highest BCUT2D eigenvalue weighted by atomic mass is 16.5. The van der Waals surface area contributed by atoms with E-state index in [9.17, 15) is 14.4 Å². The zero-order valence-corrected chi connectivity index (χ0v) is 9.50. The average molecular weight is 249 g/mol. The van der Waals surface area contributed by atoms with Crippen LogP contribution in [0.4, 0.5) is 0 Å². The molecule has 0 saturated carbocycles. The van der Waals surface area contributed by atoms with E-state index < -0.39 is 29.8 Å². The SMILES string of the molecule is CN(O)C(=O)CC[C@H](C[C@H]([NH3+])C(=O)O)C(=O)O. The zero-order chi connectivity index (χ0) is 13.6. The van der Waals surface area contributed by atoms with Gasteiger partial charge < -0.3 is 15.9 Å². The molecule has 0 unspecified atom stereocenters. The Morgan fingerprint density at radius 1 is 1.24 bits per heavy atom. The summed E-state index contributed by atoms with van der Waals surface area (Å²) >= 11 is 0. The fourth-order valence-electron chi connectivity index (χ4n) is 1.25. The summed E-state index contributed by atoms with van der Waals surface area (Å²) in [6.45, 7) is 0. The third kappa shape index (κ3) is 5.83. The first-order valence-corrected chi connectivity index (χ1v) is 4.99. The van der Waals surface area contributed by atoms with E-state index in [1.54, 1.807) is 0 Å². The van der Waals surface area contributed by atoms with E-state index >= 15 is 0 Å². The van der Waals surface area contributed by atoms with E-state index in [1.165, 1.54) is 0 Å². The van der Waals surface area contributed by atoms with Crippen molar-refractivity contribution in [1.82, 2.24) is 5.06 Å². The van der Waals surface area contributed by atoms with Crippen molar-refractivity contribution in [1.29, 1.82) is 0 Å². The van der Waals surface area contributed by atoms with E-state index in [-0.39, 0.29) is 19.3 Å². The lowest BCUT2D eigenvalue weighted by Crippen LogP contribution is -2.65. The number of carboxylic acid groups (broad SMARTS) is 2. The van der Waals surface area contributed by atoms with Crippen LogP contribution in [0.25, 0.3) is 0 Å². The molecule has 0 fully saturated rings. The quantitative estimate of drug-likeness (QED) is 0.316. The van der Waals surface area contributed by atoms with Crippen molar-refractivity contribution in [2.24, 2.45) is 5.92 Å². The molecule has 0 aromatic rings. The monoisotopic (exact) mass is 249 g/mol. The molecule has 0 spiro atoms. The van der Waals surface area contributed by atoms with Crippen molar-refractivity contribution in [3.05, 3.63) is 0 Å². The Morgan fingerprint density at radius 3 is 2.12 bits per heavy atom. The van der Waals surface area contributed by atoms with Crippen LogP contribution < -0.4 is 5.73 Å². The van der Waals surface area contributed by atoms with Gasteiger partial charge in [-0.05, 0) is 6.42 Å². The van der Waals surface area contributed by atoms with E-state index in [1.807, 2.05) is 0 Å². The first kappa shape index (κ1) is 15.3. The third-order valence-electron chi connectivity index (χ3n) is 2.34. The maximum absolute atomic E-state index is 11.0. The van der Waals surface area contributed by atoms with Gasteiger partial charge in [-0.1, -0.05) is 0 Å². The molecular formula is C9H17N2O6+. The van der Waals surface area contributed by atoms with Gasteiger partial charge in [0.2, 0.25) is 5.91 Å². The van der Waals surface area contributed by atoms with Crippen LogP contribution in [0.5, 0.6) is 0 Å². The molecule has 0 radical (unpaired) electrons. The van der Waals surface area contributed by atoms with Gasteiger partial charge in [-0.25, -0.2) is 9.86 Å². The van der Waals surface area contributed by atoms with Crippen LogP contribution in [0.2, 0.25) is 0 Å². The molecule has 8 heteroatoms. The summed E-state index contributed by atoms with van der Waals surface area (Å²) < 4.78 is 0. The zero-order valence-electron chi connectivity index (χ0n) is 9.50. The van der Waals surface area contributed by atoms with Gasteiger partial charge in [-0.3, -0.25) is 14.8 Å². The Morgan fingerprint density at radius 2 is 1.76 bits per heavy atom. The Bertz CT molecular complexity index is 304. The van der Waals surface area contributed by atoms with Crippen LogP contribution in [0.3, 0.4) is 0 Å². The summed E-state index contributed by atoms with van der Waals surface area (Å²) in [7, 11) is 1.14. The first-order chi connectivity index (χ1) is 7.75. The minimum Gasteiger partial charge on any atom is -0.481 e. The Balaban J connectivity index is 4.31. The van der Waals surface area contributed by atoms with E-state index in [4.69, 9.17) is 15.4 Å². The maximum atomic E-state index is 11.0. The lowest BCUT2D eigenvalue weighted by atomic mass is 9.95. The molecule has 0 aromatic heterocycles. The van der Waals surface area contributed by atoms with Crippen molar-refractivity contribution < 1.29 is 35.5 Å². The van der Waals surface area contributed by atoms with Crippen molar-refractivity contribution in [3.8, 4) is 0 Å². The fraction of sp³-hybridized carbons (Fsp3) is 0.667. The van der Waals surface area contributed by atoms with Crippen LogP contribution in [-0.4, -0.2) is 51.4 Å². The molecule has 17 heavy (non-hydrogen) atoms. The highest BCUT2D eigenvalue weighted by Crippen LogP contribution is 2.13. The van der Waals surface area contributed by atoms with Gasteiger partial charge in [0.1, 0.15) is 0 Å². The van der Waals surface area contributed by atoms with Gasteiger partial charge in [0.25, 0.3) is 0 Å². The minimum absolute atomic E-state index is 0.0294. The number of carboxylic acids is 2. The molecule has 6 N–H and O–H groups in total. The second-order valence-corrected chi connectivity index (χ2v) is 3.76. The number of nitrogens with zero attached hydrogens (tertiary/aromatic N) is 1. The number of hydrogen-bond donors (Lipinski definition) is 4. The van der Waals surface area contributed by atoms with Crippen molar-refractivity contribution in [2.75, 3.05) is 7.05 Å². The highest BCUT2D eigenvalue weighted by molar-refractivity contribution is 5.77. The first-order valence-electron chi connectivity index (χ1n) is 4.99. The highest BCUT2D eigenvalue weighted by Gasteiger charge is 2.27. The molecule has 0 saturated heterocycles. The minimum atomic E-state index is -1.18. The van der Waals surface area contributed by atoms with E-state index in [0.717, 1.165) is 7.05 Å². The van der Waals surface area contributed by atoms with Crippen molar-refractivity contribution in [2.45, 2.75) is 25.3 Å². The molecule has 0 aliphatic heterocycles. The number of carbonyl (C=O) groups excluding carboxylic acids is 1. The molecule has 8 nitrogen and oxygen atoms in total. The number of hydrogen-bond acceptors (Lipinski definition) is 4. The summed E-state index contributed by atoms with van der Waals surface area (Å²) in [4.78, 5) is 32.4. The van der Waals surface area contributed by atoms with Crippen LogP contribution in [0.1, 0.15) is 19.3 Å². The molecule has 0 rings (SSSR count).